The highest BCUT2D eigenvalue weighted by atomic mass is 16.4. The predicted octanol–water partition coefficient (Wildman–Crippen LogP) is 2.61. The number of phenolic OH excluding ortho intramolecular Hbond substituents is 1. The lowest BCUT2D eigenvalue weighted by molar-refractivity contribution is -0.136. The fraction of sp³-hybridized carbons (Fsp3) is 0.462. The van der Waals surface area contributed by atoms with Crippen molar-refractivity contribution in [2.75, 3.05) is 0 Å². The highest BCUT2D eigenvalue weighted by Crippen LogP contribution is 2.25. The van der Waals surface area contributed by atoms with Crippen LogP contribution < -0.4 is 0 Å². The van der Waals surface area contributed by atoms with E-state index in [9.17, 15) is 9.90 Å². The number of aliphatic carboxylic acids is 1. The first-order valence-corrected chi connectivity index (χ1v) is 5.30. The second-order valence-corrected chi connectivity index (χ2v) is 5.27. The van der Waals surface area contributed by atoms with Gasteiger partial charge in [0.2, 0.25) is 0 Å². The molecule has 0 saturated carbocycles. The van der Waals surface area contributed by atoms with E-state index in [1.54, 1.807) is 12.1 Å². The number of carboxylic acid groups (broad SMARTS) is 1. The molecule has 0 aromatic heterocycles. The molecule has 3 nitrogen and oxygen atoms in total. The standard InChI is InChI=1S/C13H18O3/c1-13(2,3)8-9-4-5-11(14)10(6-9)7-12(15)16/h4-6,14H,7-8H2,1-3H3,(H,15,16). The zero-order valence-corrected chi connectivity index (χ0v) is 9.95. The lowest BCUT2D eigenvalue weighted by Crippen LogP contribution is -2.09. The van der Waals surface area contributed by atoms with Crippen LogP contribution in [0.2, 0.25) is 0 Å². The Labute approximate surface area is 95.7 Å². The van der Waals surface area contributed by atoms with Crippen LogP contribution in [0.15, 0.2) is 18.2 Å². The first kappa shape index (κ1) is 12.6. The van der Waals surface area contributed by atoms with Crippen LogP contribution in [0.4, 0.5) is 0 Å². The lowest BCUT2D eigenvalue weighted by Gasteiger charge is -2.18. The fourth-order valence-electron chi connectivity index (χ4n) is 1.67. The fourth-order valence-corrected chi connectivity index (χ4v) is 1.67. The minimum atomic E-state index is -0.928. The predicted molar refractivity (Wildman–Crippen MR) is 62.6 cm³/mol. The Morgan fingerprint density at radius 1 is 1.31 bits per heavy atom. The SMILES string of the molecule is CC(C)(C)Cc1ccc(O)c(CC(=O)O)c1. The van der Waals surface area contributed by atoms with Crippen LogP contribution in [0.25, 0.3) is 0 Å². The molecule has 0 aliphatic heterocycles. The van der Waals surface area contributed by atoms with E-state index in [0.29, 0.717) is 5.56 Å². The van der Waals surface area contributed by atoms with Gasteiger partial charge in [0, 0.05) is 5.56 Å². The van der Waals surface area contributed by atoms with Gasteiger partial charge in [-0.1, -0.05) is 32.9 Å². The Balaban J connectivity index is 2.93. The number of carbonyl (C=O) groups is 1. The molecule has 1 aromatic rings. The molecule has 1 aromatic carbocycles. The molecule has 16 heavy (non-hydrogen) atoms. The highest BCUT2D eigenvalue weighted by Gasteiger charge is 2.13. The Kier molecular flexibility index (Phi) is 3.58. The summed E-state index contributed by atoms with van der Waals surface area (Å²) in [6.07, 6.45) is 0.726. The summed E-state index contributed by atoms with van der Waals surface area (Å²) in [5.41, 5.74) is 1.69. The van der Waals surface area contributed by atoms with Crippen molar-refractivity contribution in [1.82, 2.24) is 0 Å². The van der Waals surface area contributed by atoms with E-state index in [2.05, 4.69) is 20.8 Å². The van der Waals surface area contributed by atoms with Crippen LogP contribution in [-0.4, -0.2) is 16.2 Å². The first-order chi connectivity index (χ1) is 7.28. The van der Waals surface area contributed by atoms with Crippen molar-refractivity contribution in [3.63, 3.8) is 0 Å². The van der Waals surface area contributed by atoms with Gasteiger partial charge in [-0.3, -0.25) is 4.79 Å². The molecule has 0 unspecified atom stereocenters. The molecule has 0 atom stereocenters. The molecule has 0 spiro atoms. The molecule has 2 N–H and O–H groups in total. The third kappa shape index (κ3) is 3.93. The Morgan fingerprint density at radius 2 is 1.94 bits per heavy atom. The smallest absolute Gasteiger partial charge is 0.307 e. The summed E-state index contributed by atoms with van der Waals surface area (Å²) in [6.45, 7) is 6.37. The van der Waals surface area contributed by atoms with Crippen molar-refractivity contribution in [3.05, 3.63) is 29.3 Å². The Hall–Kier alpha value is -1.51. The van der Waals surface area contributed by atoms with Gasteiger partial charge < -0.3 is 10.2 Å². The minimum absolute atomic E-state index is 0.0556. The monoisotopic (exact) mass is 222 g/mol. The van der Waals surface area contributed by atoms with Crippen LogP contribution in [0.3, 0.4) is 0 Å². The van der Waals surface area contributed by atoms with Crippen molar-refractivity contribution in [2.45, 2.75) is 33.6 Å². The quantitative estimate of drug-likeness (QED) is 0.826. The van der Waals surface area contributed by atoms with Crippen molar-refractivity contribution >= 4 is 5.97 Å². The maximum atomic E-state index is 10.6. The third-order valence-electron chi connectivity index (χ3n) is 2.22. The highest BCUT2D eigenvalue weighted by molar-refractivity contribution is 5.71. The van der Waals surface area contributed by atoms with E-state index < -0.39 is 5.97 Å². The van der Waals surface area contributed by atoms with Gasteiger partial charge in [-0.05, 0) is 23.5 Å². The summed E-state index contributed by atoms with van der Waals surface area (Å²) in [5.74, 6) is -0.872. The maximum Gasteiger partial charge on any atom is 0.307 e. The molecular formula is C13H18O3. The van der Waals surface area contributed by atoms with Gasteiger partial charge in [0.05, 0.1) is 6.42 Å². The van der Waals surface area contributed by atoms with Crippen molar-refractivity contribution in [1.29, 1.82) is 0 Å². The molecule has 0 fully saturated rings. The average Bonchev–Trinajstić information content (AvgIpc) is 2.07. The van der Waals surface area contributed by atoms with Gasteiger partial charge in [-0.2, -0.15) is 0 Å². The number of aromatic hydroxyl groups is 1. The first-order valence-electron chi connectivity index (χ1n) is 5.30. The van der Waals surface area contributed by atoms with Gasteiger partial charge in [0.25, 0.3) is 0 Å². The summed E-state index contributed by atoms with van der Waals surface area (Å²) in [5, 5.41) is 18.2. The molecule has 88 valence electrons. The molecule has 0 aliphatic rings. The van der Waals surface area contributed by atoms with E-state index in [1.165, 1.54) is 0 Å². The molecule has 3 heteroatoms. The third-order valence-corrected chi connectivity index (χ3v) is 2.22. The van der Waals surface area contributed by atoms with Crippen molar-refractivity contribution < 1.29 is 15.0 Å². The molecule has 0 aliphatic carbocycles. The van der Waals surface area contributed by atoms with Crippen LogP contribution in [-0.2, 0) is 17.6 Å². The minimum Gasteiger partial charge on any atom is -0.508 e. The summed E-state index contributed by atoms with van der Waals surface area (Å²) in [4.78, 5) is 10.6. The number of benzene rings is 1. The second kappa shape index (κ2) is 4.56. The van der Waals surface area contributed by atoms with Gasteiger partial charge in [0.15, 0.2) is 0 Å². The second-order valence-electron chi connectivity index (χ2n) is 5.27. The summed E-state index contributed by atoms with van der Waals surface area (Å²) in [7, 11) is 0. The summed E-state index contributed by atoms with van der Waals surface area (Å²) < 4.78 is 0. The van der Waals surface area contributed by atoms with Gasteiger partial charge in [-0.15, -0.1) is 0 Å². The Morgan fingerprint density at radius 3 is 2.44 bits per heavy atom. The number of carboxylic acids is 1. The van der Waals surface area contributed by atoms with E-state index in [0.717, 1.165) is 12.0 Å². The molecule has 0 radical (unpaired) electrons. The molecular weight excluding hydrogens is 204 g/mol. The van der Waals surface area contributed by atoms with E-state index in [4.69, 9.17) is 5.11 Å². The number of hydrogen-bond acceptors (Lipinski definition) is 2. The van der Waals surface area contributed by atoms with Gasteiger partial charge in [-0.25, -0.2) is 0 Å². The average molecular weight is 222 g/mol. The van der Waals surface area contributed by atoms with Crippen LogP contribution >= 0.6 is 0 Å². The molecule has 1 rings (SSSR count). The number of hydrogen-bond donors (Lipinski definition) is 2. The zero-order chi connectivity index (χ0) is 12.3. The van der Waals surface area contributed by atoms with Crippen molar-refractivity contribution in [3.8, 4) is 5.75 Å². The van der Waals surface area contributed by atoms with Crippen LogP contribution in [0.1, 0.15) is 31.9 Å². The lowest BCUT2D eigenvalue weighted by atomic mass is 9.87. The van der Waals surface area contributed by atoms with E-state index >= 15 is 0 Å². The van der Waals surface area contributed by atoms with Crippen molar-refractivity contribution in [2.24, 2.45) is 5.41 Å². The number of rotatable bonds is 3. The summed E-state index contributed by atoms with van der Waals surface area (Å²) in [6, 6.07) is 5.18. The summed E-state index contributed by atoms with van der Waals surface area (Å²) >= 11 is 0. The maximum absolute atomic E-state index is 10.6. The van der Waals surface area contributed by atoms with Gasteiger partial charge >= 0.3 is 5.97 Å². The topological polar surface area (TPSA) is 57.5 Å². The molecule has 0 bridgehead atoms. The normalized spacial score (nSPS) is 11.4. The van der Waals surface area contributed by atoms with Gasteiger partial charge in [0.1, 0.15) is 5.75 Å². The number of phenols is 1. The zero-order valence-electron chi connectivity index (χ0n) is 9.95. The van der Waals surface area contributed by atoms with E-state index in [1.807, 2.05) is 6.07 Å². The van der Waals surface area contributed by atoms with Crippen LogP contribution in [0, 0.1) is 5.41 Å². The van der Waals surface area contributed by atoms with E-state index in [-0.39, 0.29) is 17.6 Å². The molecule has 0 amide bonds. The largest absolute Gasteiger partial charge is 0.508 e. The Bertz CT molecular complexity index is 389. The molecule has 0 heterocycles. The molecule has 0 saturated heterocycles. The van der Waals surface area contributed by atoms with Crippen LogP contribution in [0.5, 0.6) is 5.75 Å².